The molecule has 5 nitrogen and oxygen atoms in total. The fraction of sp³-hybridized carbons (Fsp3) is 0.400. The van der Waals surface area contributed by atoms with E-state index in [1.807, 2.05) is 6.92 Å². The van der Waals surface area contributed by atoms with Gasteiger partial charge in [0.05, 0.1) is 0 Å². The van der Waals surface area contributed by atoms with Crippen molar-refractivity contribution in [2.24, 2.45) is 0 Å². The fourth-order valence-electron chi connectivity index (χ4n) is 2.75. The predicted molar refractivity (Wildman–Crippen MR) is 74.3 cm³/mol. The second-order valence-corrected chi connectivity index (χ2v) is 5.04. The van der Waals surface area contributed by atoms with Crippen LogP contribution in [0.15, 0.2) is 18.5 Å². The number of imidazole rings is 1. The van der Waals surface area contributed by atoms with Gasteiger partial charge in [-0.3, -0.25) is 4.57 Å². The molecule has 20 heavy (non-hydrogen) atoms. The third-order valence-electron chi connectivity index (χ3n) is 3.77. The lowest BCUT2D eigenvalue weighted by atomic mass is 9.94. The molecule has 0 radical (unpaired) electrons. The lowest BCUT2D eigenvalue weighted by molar-refractivity contribution is 0.0696. The van der Waals surface area contributed by atoms with Gasteiger partial charge in [0.1, 0.15) is 11.4 Å². The number of fused-ring (bicyclic) bond motifs is 1. The van der Waals surface area contributed by atoms with Crippen molar-refractivity contribution in [2.45, 2.75) is 39.0 Å². The van der Waals surface area contributed by atoms with E-state index in [9.17, 15) is 9.90 Å². The first-order chi connectivity index (χ1) is 9.70. The minimum absolute atomic E-state index is 0.262. The minimum atomic E-state index is -0.934. The molecule has 1 N–H and O–H groups in total. The van der Waals surface area contributed by atoms with Crippen molar-refractivity contribution in [1.29, 1.82) is 0 Å². The molecule has 0 unspecified atom stereocenters. The molecule has 1 aliphatic carbocycles. The fourth-order valence-corrected chi connectivity index (χ4v) is 2.75. The second kappa shape index (κ2) is 5.07. The molecule has 5 heteroatoms. The van der Waals surface area contributed by atoms with E-state index < -0.39 is 5.97 Å². The van der Waals surface area contributed by atoms with Crippen molar-refractivity contribution in [3.8, 4) is 5.82 Å². The highest BCUT2D eigenvalue weighted by Crippen LogP contribution is 2.24. The van der Waals surface area contributed by atoms with Crippen LogP contribution in [-0.4, -0.2) is 25.6 Å². The number of carbonyl (C=O) groups is 1. The van der Waals surface area contributed by atoms with Crippen LogP contribution in [0.5, 0.6) is 0 Å². The Bertz CT molecular complexity index is 661. The largest absolute Gasteiger partial charge is 0.478 e. The maximum Gasteiger partial charge on any atom is 0.339 e. The molecular weight excluding hydrogens is 254 g/mol. The summed E-state index contributed by atoms with van der Waals surface area (Å²) in [6.07, 6.45) is 8.29. The predicted octanol–water partition coefficient (Wildman–Crippen LogP) is 2.41. The zero-order valence-electron chi connectivity index (χ0n) is 11.5. The van der Waals surface area contributed by atoms with E-state index in [0.29, 0.717) is 5.82 Å². The number of carboxylic acid groups (broad SMARTS) is 1. The van der Waals surface area contributed by atoms with Crippen molar-refractivity contribution in [1.82, 2.24) is 14.5 Å². The van der Waals surface area contributed by atoms with Gasteiger partial charge in [-0.1, -0.05) is 6.92 Å². The number of carboxylic acids is 1. The van der Waals surface area contributed by atoms with E-state index in [2.05, 4.69) is 9.97 Å². The van der Waals surface area contributed by atoms with Crippen LogP contribution in [0.2, 0.25) is 0 Å². The molecule has 0 fully saturated rings. The molecule has 104 valence electrons. The Morgan fingerprint density at radius 2 is 2.20 bits per heavy atom. The van der Waals surface area contributed by atoms with Crippen LogP contribution >= 0.6 is 0 Å². The summed E-state index contributed by atoms with van der Waals surface area (Å²) in [5.41, 5.74) is 2.38. The maximum absolute atomic E-state index is 11.5. The van der Waals surface area contributed by atoms with Crippen molar-refractivity contribution in [3.05, 3.63) is 41.1 Å². The summed E-state index contributed by atoms with van der Waals surface area (Å²) in [7, 11) is 0. The topological polar surface area (TPSA) is 68.0 Å². The molecule has 1 aliphatic rings. The highest BCUT2D eigenvalue weighted by Gasteiger charge is 2.20. The summed E-state index contributed by atoms with van der Waals surface area (Å²) in [6, 6.07) is 1.79. The molecule has 0 spiro atoms. The smallest absolute Gasteiger partial charge is 0.339 e. The first-order valence-electron chi connectivity index (χ1n) is 6.99. The average molecular weight is 271 g/mol. The molecule has 2 aromatic rings. The van der Waals surface area contributed by atoms with Gasteiger partial charge in [0.2, 0.25) is 0 Å². The Balaban J connectivity index is 2.20. The van der Waals surface area contributed by atoms with Crippen molar-refractivity contribution in [3.63, 3.8) is 0 Å². The van der Waals surface area contributed by atoms with E-state index in [0.717, 1.165) is 49.2 Å². The van der Waals surface area contributed by atoms with Crippen LogP contribution in [0.25, 0.3) is 5.82 Å². The number of pyridine rings is 1. The molecule has 2 aromatic heterocycles. The van der Waals surface area contributed by atoms with Crippen LogP contribution in [0, 0.1) is 0 Å². The summed E-state index contributed by atoms with van der Waals surface area (Å²) in [5, 5.41) is 9.46. The molecule has 0 aliphatic heterocycles. The number of aryl methyl sites for hydroxylation is 3. The Morgan fingerprint density at radius 1 is 1.40 bits per heavy atom. The zero-order chi connectivity index (χ0) is 14.1. The maximum atomic E-state index is 11.5. The van der Waals surface area contributed by atoms with Gasteiger partial charge in [0, 0.05) is 24.5 Å². The van der Waals surface area contributed by atoms with Gasteiger partial charge in [-0.2, -0.15) is 0 Å². The first-order valence-corrected chi connectivity index (χ1v) is 6.99. The summed E-state index contributed by atoms with van der Waals surface area (Å²) in [6.45, 7) is 2.00. The van der Waals surface area contributed by atoms with Crippen molar-refractivity contribution >= 4 is 5.97 Å². The summed E-state index contributed by atoms with van der Waals surface area (Å²) in [4.78, 5) is 20.4. The number of nitrogens with zero attached hydrogens (tertiary/aromatic N) is 3. The SMILES string of the molecule is CCc1nccn1-c1nc2c(cc1C(=O)O)CCCC2. The first kappa shape index (κ1) is 12.8. The van der Waals surface area contributed by atoms with Gasteiger partial charge in [-0.05, 0) is 37.3 Å². The van der Waals surface area contributed by atoms with E-state index in [-0.39, 0.29) is 5.56 Å². The van der Waals surface area contributed by atoms with Crippen LogP contribution in [0.1, 0.15) is 47.2 Å². The molecule has 0 atom stereocenters. The van der Waals surface area contributed by atoms with Crippen molar-refractivity contribution < 1.29 is 9.90 Å². The van der Waals surface area contributed by atoms with Crippen LogP contribution in [-0.2, 0) is 19.3 Å². The lowest BCUT2D eigenvalue weighted by Crippen LogP contribution is -2.15. The number of rotatable bonds is 3. The molecule has 3 rings (SSSR count). The number of hydrogen-bond acceptors (Lipinski definition) is 3. The van der Waals surface area contributed by atoms with Gasteiger partial charge in [-0.25, -0.2) is 14.8 Å². The highest BCUT2D eigenvalue weighted by molar-refractivity contribution is 5.91. The molecule has 2 heterocycles. The molecule has 0 aromatic carbocycles. The Hall–Kier alpha value is -2.17. The molecule has 0 bridgehead atoms. The number of hydrogen-bond donors (Lipinski definition) is 1. The van der Waals surface area contributed by atoms with E-state index in [1.54, 1.807) is 23.0 Å². The van der Waals surface area contributed by atoms with Gasteiger partial charge in [0.25, 0.3) is 0 Å². The quantitative estimate of drug-likeness (QED) is 0.930. The summed E-state index contributed by atoms with van der Waals surface area (Å²) >= 11 is 0. The second-order valence-electron chi connectivity index (χ2n) is 5.04. The third kappa shape index (κ3) is 2.09. The molecule has 0 saturated heterocycles. The molecule has 0 saturated carbocycles. The average Bonchev–Trinajstić information content (AvgIpc) is 2.94. The van der Waals surface area contributed by atoms with Gasteiger partial charge in [0.15, 0.2) is 5.82 Å². The number of aromatic nitrogens is 3. The van der Waals surface area contributed by atoms with Gasteiger partial charge >= 0.3 is 5.97 Å². The Kier molecular flexibility index (Phi) is 3.26. The van der Waals surface area contributed by atoms with Gasteiger partial charge < -0.3 is 5.11 Å². The highest BCUT2D eigenvalue weighted by atomic mass is 16.4. The van der Waals surface area contributed by atoms with Gasteiger partial charge in [-0.15, -0.1) is 0 Å². The third-order valence-corrected chi connectivity index (χ3v) is 3.77. The van der Waals surface area contributed by atoms with E-state index >= 15 is 0 Å². The standard InChI is InChI=1S/C15H17N3O2/c1-2-13-16-7-8-18(13)14-11(15(19)20)9-10-5-3-4-6-12(10)17-14/h7-9H,2-6H2,1H3,(H,19,20). The van der Waals surface area contributed by atoms with E-state index in [4.69, 9.17) is 0 Å². The normalized spacial score (nSPS) is 14.1. The molecule has 0 amide bonds. The molecular formula is C15H17N3O2. The van der Waals surface area contributed by atoms with Crippen LogP contribution in [0.3, 0.4) is 0 Å². The number of aromatic carboxylic acids is 1. The van der Waals surface area contributed by atoms with Crippen LogP contribution in [0.4, 0.5) is 0 Å². The Morgan fingerprint density at radius 3 is 2.95 bits per heavy atom. The monoisotopic (exact) mass is 271 g/mol. The van der Waals surface area contributed by atoms with E-state index in [1.165, 1.54) is 0 Å². The van der Waals surface area contributed by atoms with Crippen molar-refractivity contribution in [2.75, 3.05) is 0 Å². The minimum Gasteiger partial charge on any atom is -0.478 e. The zero-order valence-corrected chi connectivity index (χ0v) is 11.5. The summed E-state index contributed by atoms with van der Waals surface area (Å²) in [5.74, 6) is 0.389. The van der Waals surface area contributed by atoms with Crippen LogP contribution < -0.4 is 0 Å². The summed E-state index contributed by atoms with van der Waals surface area (Å²) < 4.78 is 1.79. The lowest BCUT2D eigenvalue weighted by Gasteiger charge is -2.18. The Labute approximate surface area is 117 Å².